The quantitative estimate of drug-likeness (QED) is 0.108. The Hall–Kier alpha value is -5.81. The lowest BCUT2D eigenvalue weighted by molar-refractivity contribution is 0.0922. The van der Waals surface area contributed by atoms with Gasteiger partial charge >= 0.3 is 0 Å². The zero-order valence-corrected chi connectivity index (χ0v) is 32.6. The first-order valence-electron chi connectivity index (χ1n) is 16.8. The molecule has 0 fully saturated rings. The summed E-state index contributed by atoms with van der Waals surface area (Å²) in [4.78, 5) is 80.6. The molecule has 0 bridgehead atoms. The van der Waals surface area contributed by atoms with E-state index in [2.05, 4.69) is 20.8 Å². The molecule has 0 aromatic heterocycles. The molecule has 13 heteroatoms. The maximum atomic E-state index is 13.8. The molecule has 0 aliphatic carbocycles. The number of anilines is 3. The number of fused-ring (bicyclic) bond motifs is 1. The van der Waals surface area contributed by atoms with Crippen LogP contribution < -0.4 is 19.4 Å². The Labute approximate surface area is 332 Å². The number of hydrogen-bond acceptors (Lipinski definition) is 7. The maximum absolute atomic E-state index is 13.8. The van der Waals surface area contributed by atoms with Crippen LogP contribution in [0.15, 0.2) is 97.1 Å². The average molecular weight is 799 g/mol. The molecule has 6 rings (SSSR count). The minimum Gasteiger partial charge on any atom is -0.455 e. The van der Waals surface area contributed by atoms with Crippen LogP contribution in [0.2, 0.25) is 15.1 Å². The Morgan fingerprint density at radius 1 is 0.636 bits per heavy atom. The highest BCUT2D eigenvalue weighted by Crippen LogP contribution is 2.38. The fourth-order valence-electron chi connectivity index (χ4n) is 5.53. The minimum absolute atomic E-state index is 0.0682. The molecule has 0 spiro atoms. The Bertz CT molecular complexity index is 2340. The summed E-state index contributed by atoms with van der Waals surface area (Å²) in [6.45, 7) is 6.50. The Balaban J connectivity index is 0.00000138. The van der Waals surface area contributed by atoms with Gasteiger partial charge in [0.15, 0.2) is 18.3 Å². The molecule has 0 radical (unpaired) electrons. The summed E-state index contributed by atoms with van der Waals surface area (Å²) >= 11 is 18.2. The van der Waals surface area contributed by atoms with E-state index in [4.69, 9.17) is 39.5 Å². The molecule has 0 saturated heterocycles. The second-order valence-corrected chi connectivity index (χ2v) is 14.4. The van der Waals surface area contributed by atoms with Gasteiger partial charge in [-0.2, -0.15) is 0 Å². The third-order valence-corrected chi connectivity index (χ3v) is 8.92. The molecule has 280 valence electrons. The molecule has 55 heavy (non-hydrogen) atoms. The van der Waals surface area contributed by atoms with E-state index in [-0.39, 0.29) is 60.6 Å². The molecule has 4 amide bonds. The first kappa shape index (κ1) is 40.4. The number of rotatable bonds is 9. The number of aldehydes is 2. The number of carbonyl (C=O) groups excluding carboxylic acids is 6. The zero-order valence-electron chi connectivity index (χ0n) is 30.3. The highest BCUT2D eigenvalue weighted by atomic mass is 35.5. The first-order valence-corrected chi connectivity index (χ1v) is 17.9. The normalized spacial score (nSPS) is 11.8. The number of imide groups is 1. The standard InChI is InChI=1S/C38H24Cl3N3O7.C4H10/c1-42(36(48)31-16-24(40)4-3-21(31)19-45)27-9-14-34(33(18-27)43(2)35(47)29-12-5-23(39)15-22(29)20-46)51-28-10-7-26(8-11-28)44-37(49)30-13-6-25(41)17-32(30)38(44)50;1-4(2)3/h3-20H,1-2H3;4H,1-3H3. The van der Waals surface area contributed by atoms with Gasteiger partial charge in [0.25, 0.3) is 23.6 Å². The molecule has 10 nitrogen and oxygen atoms in total. The van der Waals surface area contributed by atoms with Crippen LogP contribution in [0.1, 0.15) is 82.9 Å². The van der Waals surface area contributed by atoms with Crippen LogP contribution >= 0.6 is 34.8 Å². The molecule has 1 heterocycles. The van der Waals surface area contributed by atoms with E-state index in [1.807, 2.05) is 0 Å². The number of hydrogen-bond donors (Lipinski definition) is 0. The van der Waals surface area contributed by atoms with Crippen molar-refractivity contribution in [2.75, 3.05) is 28.8 Å². The highest BCUT2D eigenvalue weighted by molar-refractivity contribution is 6.37. The molecule has 5 aromatic rings. The smallest absolute Gasteiger partial charge is 0.266 e. The van der Waals surface area contributed by atoms with Crippen LogP contribution in [0.3, 0.4) is 0 Å². The van der Waals surface area contributed by atoms with E-state index < -0.39 is 23.6 Å². The van der Waals surface area contributed by atoms with E-state index in [0.29, 0.717) is 29.0 Å². The van der Waals surface area contributed by atoms with E-state index in [9.17, 15) is 28.8 Å². The number of amides is 4. The van der Waals surface area contributed by atoms with Gasteiger partial charge in [-0.05, 0) is 103 Å². The number of ether oxygens (including phenoxy) is 1. The van der Waals surface area contributed by atoms with Gasteiger partial charge in [0, 0.05) is 46.0 Å². The third-order valence-electron chi connectivity index (χ3n) is 8.22. The Morgan fingerprint density at radius 2 is 1.20 bits per heavy atom. The fraction of sp³-hybridized carbons (Fsp3) is 0.143. The lowest BCUT2D eigenvalue weighted by Gasteiger charge is -2.25. The Morgan fingerprint density at radius 3 is 1.85 bits per heavy atom. The lowest BCUT2D eigenvalue weighted by atomic mass is 10.1. The maximum Gasteiger partial charge on any atom is 0.266 e. The number of nitrogens with zero attached hydrogens (tertiary/aromatic N) is 3. The third kappa shape index (κ3) is 8.78. The van der Waals surface area contributed by atoms with Crippen LogP contribution in [0, 0.1) is 5.92 Å². The van der Waals surface area contributed by atoms with Gasteiger partial charge in [0.1, 0.15) is 5.75 Å². The molecule has 1 aliphatic rings. The van der Waals surface area contributed by atoms with Crippen molar-refractivity contribution < 1.29 is 33.5 Å². The van der Waals surface area contributed by atoms with Crippen molar-refractivity contribution in [2.24, 2.45) is 5.92 Å². The van der Waals surface area contributed by atoms with Crippen molar-refractivity contribution in [2.45, 2.75) is 20.8 Å². The summed E-state index contributed by atoms with van der Waals surface area (Å²) in [6, 6.07) is 23.9. The molecule has 0 atom stereocenters. The number of halogens is 3. The van der Waals surface area contributed by atoms with Crippen molar-refractivity contribution in [3.8, 4) is 11.5 Å². The van der Waals surface area contributed by atoms with Gasteiger partial charge in [0.2, 0.25) is 0 Å². The molecule has 5 aromatic carbocycles. The number of carbonyl (C=O) groups is 6. The van der Waals surface area contributed by atoms with Crippen LogP contribution in [-0.2, 0) is 0 Å². The van der Waals surface area contributed by atoms with Gasteiger partial charge in [0.05, 0.1) is 33.6 Å². The molecule has 1 aliphatic heterocycles. The van der Waals surface area contributed by atoms with Gasteiger partial charge in [-0.25, -0.2) is 4.90 Å². The van der Waals surface area contributed by atoms with Gasteiger partial charge in [-0.15, -0.1) is 0 Å². The summed E-state index contributed by atoms with van der Waals surface area (Å²) in [5, 5.41) is 0.862. The van der Waals surface area contributed by atoms with Gasteiger partial charge in [-0.1, -0.05) is 55.6 Å². The van der Waals surface area contributed by atoms with Crippen molar-refractivity contribution in [1.29, 1.82) is 0 Å². The summed E-state index contributed by atoms with van der Waals surface area (Å²) in [5.74, 6) is -0.836. The predicted molar refractivity (Wildman–Crippen MR) is 215 cm³/mol. The molecular formula is C42H34Cl3N3O7. The van der Waals surface area contributed by atoms with Crippen molar-refractivity contribution in [3.05, 3.63) is 146 Å². The summed E-state index contributed by atoms with van der Waals surface area (Å²) < 4.78 is 6.22. The average Bonchev–Trinajstić information content (AvgIpc) is 3.41. The van der Waals surface area contributed by atoms with E-state index in [1.165, 1.54) is 96.7 Å². The lowest BCUT2D eigenvalue weighted by Crippen LogP contribution is -2.29. The van der Waals surface area contributed by atoms with Crippen molar-refractivity contribution in [1.82, 2.24) is 0 Å². The highest BCUT2D eigenvalue weighted by Gasteiger charge is 2.37. The largest absolute Gasteiger partial charge is 0.455 e. The summed E-state index contributed by atoms with van der Waals surface area (Å²) in [5.41, 5.74) is 1.61. The second-order valence-electron chi connectivity index (χ2n) is 13.0. The van der Waals surface area contributed by atoms with Crippen molar-refractivity contribution in [3.63, 3.8) is 0 Å². The van der Waals surface area contributed by atoms with E-state index in [0.717, 1.165) is 10.8 Å². The van der Waals surface area contributed by atoms with Crippen LogP contribution in [0.5, 0.6) is 11.5 Å². The number of benzene rings is 5. The summed E-state index contributed by atoms with van der Waals surface area (Å²) in [7, 11) is 2.97. The first-order chi connectivity index (χ1) is 26.1. The monoisotopic (exact) mass is 797 g/mol. The zero-order chi connectivity index (χ0) is 40.1. The van der Waals surface area contributed by atoms with Crippen LogP contribution in [0.4, 0.5) is 17.1 Å². The Kier molecular flexibility index (Phi) is 12.6. The molecule has 0 saturated carbocycles. The SMILES string of the molecule is CC(C)C.CN(C(=O)c1cc(Cl)ccc1C=O)c1ccc(Oc2ccc(N3C(=O)c4ccc(Cl)cc4C3=O)cc2)c(N(C)C(=O)c2ccc(Cl)cc2C=O)c1. The van der Waals surface area contributed by atoms with Crippen molar-refractivity contribution >= 4 is 88.1 Å². The minimum atomic E-state index is -0.580. The molecular weight excluding hydrogens is 765 g/mol. The second kappa shape index (κ2) is 17.1. The topological polar surface area (TPSA) is 121 Å². The van der Waals surface area contributed by atoms with E-state index >= 15 is 0 Å². The van der Waals surface area contributed by atoms with E-state index in [1.54, 1.807) is 24.3 Å². The van der Waals surface area contributed by atoms with Gasteiger partial charge < -0.3 is 14.5 Å². The molecule has 0 unspecified atom stereocenters. The van der Waals surface area contributed by atoms with Crippen LogP contribution in [-0.4, -0.2) is 50.3 Å². The predicted octanol–water partition coefficient (Wildman–Crippen LogP) is 10.1. The molecule has 0 N–H and O–H groups in total. The van der Waals surface area contributed by atoms with Gasteiger partial charge in [-0.3, -0.25) is 28.8 Å². The summed E-state index contributed by atoms with van der Waals surface area (Å²) in [6.07, 6.45) is 1.07. The van der Waals surface area contributed by atoms with Crippen LogP contribution in [0.25, 0.3) is 0 Å². The fourth-order valence-corrected chi connectivity index (χ4v) is 6.06.